The van der Waals surface area contributed by atoms with Crippen molar-refractivity contribution in [2.45, 2.75) is 39.0 Å². The van der Waals surface area contributed by atoms with Crippen LogP contribution in [0.1, 0.15) is 34.1 Å². The molecule has 1 N–H and O–H groups in total. The number of amides is 1. The average Bonchev–Trinajstić information content (AvgIpc) is 2.51. The van der Waals surface area contributed by atoms with Crippen molar-refractivity contribution in [2.24, 2.45) is 5.92 Å². The smallest absolute Gasteiger partial charge is 0.240 e. The first-order valence-corrected chi connectivity index (χ1v) is 9.72. The summed E-state index contributed by atoms with van der Waals surface area (Å²) in [5.74, 6) is 1.08. The first-order valence-electron chi connectivity index (χ1n) is 8.24. The highest BCUT2D eigenvalue weighted by molar-refractivity contribution is 7.89. The van der Waals surface area contributed by atoms with E-state index in [1.807, 2.05) is 6.92 Å². The molecular formula is C17H28N2O4S. The fraction of sp³-hybridized carbons (Fsp3) is 0.588. The van der Waals surface area contributed by atoms with Crippen molar-refractivity contribution in [3.63, 3.8) is 0 Å². The van der Waals surface area contributed by atoms with Crippen LogP contribution in [0.3, 0.4) is 0 Å². The van der Waals surface area contributed by atoms with Crippen LogP contribution in [0, 0.1) is 5.92 Å². The molecule has 0 saturated heterocycles. The topological polar surface area (TPSA) is 75.7 Å². The molecule has 1 rings (SSSR count). The minimum Gasteiger partial charge on any atom is -0.494 e. The summed E-state index contributed by atoms with van der Waals surface area (Å²) < 4.78 is 32.4. The van der Waals surface area contributed by atoms with Gasteiger partial charge in [0.2, 0.25) is 15.9 Å². The molecule has 0 aliphatic rings. The van der Waals surface area contributed by atoms with E-state index >= 15 is 0 Å². The molecule has 0 radical (unpaired) electrons. The molecule has 0 fully saturated rings. The fourth-order valence-corrected chi connectivity index (χ4v) is 3.14. The highest BCUT2D eigenvalue weighted by Crippen LogP contribution is 2.15. The Morgan fingerprint density at radius 3 is 2.33 bits per heavy atom. The molecule has 0 atom stereocenters. The predicted octanol–water partition coefficient (Wildman–Crippen LogP) is 2.26. The lowest BCUT2D eigenvalue weighted by atomic mass is 10.1. The second kappa shape index (κ2) is 9.64. The number of ether oxygens (including phenoxy) is 1. The van der Waals surface area contributed by atoms with E-state index in [9.17, 15) is 13.2 Å². The molecule has 1 amide bonds. The predicted molar refractivity (Wildman–Crippen MR) is 94.5 cm³/mol. The van der Waals surface area contributed by atoms with Gasteiger partial charge in [0, 0.05) is 26.6 Å². The Morgan fingerprint density at radius 1 is 1.21 bits per heavy atom. The summed E-state index contributed by atoms with van der Waals surface area (Å²) in [5, 5.41) is 0. The summed E-state index contributed by atoms with van der Waals surface area (Å²) in [4.78, 5) is 13.5. The van der Waals surface area contributed by atoms with Crippen molar-refractivity contribution in [1.29, 1.82) is 0 Å². The highest BCUT2D eigenvalue weighted by Gasteiger charge is 2.15. The van der Waals surface area contributed by atoms with Gasteiger partial charge < -0.3 is 9.64 Å². The number of benzene rings is 1. The first-order chi connectivity index (χ1) is 11.3. The zero-order valence-electron chi connectivity index (χ0n) is 14.9. The molecule has 1 aromatic rings. The number of nitrogens with zero attached hydrogens (tertiary/aromatic N) is 1. The summed E-state index contributed by atoms with van der Waals surface area (Å²) in [7, 11) is -3.59. The van der Waals surface area contributed by atoms with Crippen LogP contribution in [0.25, 0.3) is 0 Å². The van der Waals surface area contributed by atoms with Crippen LogP contribution < -0.4 is 9.46 Å². The quantitative estimate of drug-likeness (QED) is 0.698. The molecule has 6 nitrogen and oxygen atoms in total. The Bertz CT molecular complexity index is 612. The van der Waals surface area contributed by atoms with Crippen LogP contribution in [0.4, 0.5) is 0 Å². The molecule has 0 spiro atoms. The molecule has 0 saturated carbocycles. The normalized spacial score (nSPS) is 11.5. The molecule has 0 unspecified atom stereocenters. The van der Waals surface area contributed by atoms with Gasteiger partial charge in [-0.05, 0) is 43.5 Å². The van der Waals surface area contributed by atoms with E-state index in [-0.39, 0.29) is 17.3 Å². The number of hydrogen-bond donors (Lipinski definition) is 1. The third-order valence-electron chi connectivity index (χ3n) is 3.54. The monoisotopic (exact) mass is 356 g/mol. The maximum Gasteiger partial charge on any atom is 0.240 e. The fourth-order valence-electron chi connectivity index (χ4n) is 2.12. The van der Waals surface area contributed by atoms with Gasteiger partial charge in [-0.3, -0.25) is 4.79 Å². The Hall–Kier alpha value is -1.60. The Labute approximate surface area is 145 Å². The van der Waals surface area contributed by atoms with E-state index in [0.717, 1.165) is 6.42 Å². The lowest BCUT2D eigenvalue weighted by molar-refractivity contribution is -0.128. The Morgan fingerprint density at radius 2 is 1.83 bits per heavy atom. The molecular weight excluding hydrogens is 328 g/mol. The zero-order chi connectivity index (χ0) is 18.2. The molecule has 7 heteroatoms. The summed E-state index contributed by atoms with van der Waals surface area (Å²) in [6.45, 7) is 9.26. The lowest BCUT2D eigenvalue weighted by Gasteiger charge is -2.22. The van der Waals surface area contributed by atoms with E-state index in [4.69, 9.17) is 4.74 Å². The van der Waals surface area contributed by atoms with Gasteiger partial charge in [0.05, 0.1) is 11.5 Å². The molecule has 0 bridgehead atoms. The van der Waals surface area contributed by atoms with Crippen molar-refractivity contribution < 1.29 is 17.9 Å². The van der Waals surface area contributed by atoms with E-state index in [1.165, 1.54) is 19.1 Å². The Balaban J connectivity index is 2.58. The Kier molecular flexibility index (Phi) is 8.21. The van der Waals surface area contributed by atoms with Gasteiger partial charge in [0.15, 0.2) is 0 Å². The second-order valence-electron chi connectivity index (χ2n) is 5.99. The number of sulfonamides is 1. The van der Waals surface area contributed by atoms with E-state index < -0.39 is 10.0 Å². The summed E-state index contributed by atoms with van der Waals surface area (Å²) in [6.07, 6.45) is 0.894. The van der Waals surface area contributed by atoms with E-state index in [1.54, 1.807) is 17.0 Å². The van der Waals surface area contributed by atoms with Gasteiger partial charge >= 0.3 is 0 Å². The largest absolute Gasteiger partial charge is 0.494 e. The molecule has 1 aromatic carbocycles. The second-order valence-corrected chi connectivity index (χ2v) is 7.76. The number of hydrogen-bond acceptors (Lipinski definition) is 4. The number of carbonyl (C=O) groups excluding carboxylic acids is 1. The van der Waals surface area contributed by atoms with Crippen LogP contribution in [0.5, 0.6) is 5.75 Å². The lowest BCUT2D eigenvalue weighted by Crippen LogP contribution is -2.38. The van der Waals surface area contributed by atoms with E-state index in [0.29, 0.717) is 31.4 Å². The van der Waals surface area contributed by atoms with Crippen molar-refractivity contribution in [2.75, 3.05) is 26.2 Å². The van der Waals surface area contributed by atoms with Gasteiger partial charge in [-0.2, -0.15) is 0 Å². The van der Waals surface area contributed by atoms with Crippen molar-refractivity contribution in [3.8, 4) is 5.75 Å². The summed E-state index contributed by atoms with van der Waals surface area (Å²) in [5.41, 5.74) is 0. The van der Waals surface area contributed by atoms with Crippen LogP contribution in [-0.2, 0) is 14.8 Å². The van der Waals surface area contributed by atoms with Crippen molar-refractivity contribution in [1.82, 2.24) is 9.62 Å². The van der Waals surface area contributed by atoms with Crippen LogP contribution in [0.15, 0.2) is 29.2 Å². The van der Waals surface area contributed by atoms with Gasteiger partial charge in [-0.15, -0.1) is 0 Å². The van der Waals surface area contributed by atoms with Crippen molar-refractivity contribution in [3.05, 3.63) is 24.3 Å². The minimum absolute atomic E-state index is 0.0454. The SMILES string of the molecule is CCOc1ccc(S(=O)(=O)NCCN(CCC(C)C)C(C)=O)cc1. The maximum atomic E-state index is 12.3. The van der Waals surface area contributed by atoms with Crippen LogP contribution in [-0.4, -0.2) is 45.5 Å². The van der Waals surface area contributed by atoms with Gasteiger partial charge in [-0.25, -0.2) is 13.1 Å². The molecule has 24 heavy (non-hydrogen) atoms. The highest BCUT2D eigenvalue weighted by atomic mass is 32.2. The number of nitrogens with one attached hydrogen (secondary N) is 1. The van der Waals surface area contributed by atoms with Crippen LogP contribution in [0.2, 0.25) is 0 Å². The van der Waals surface area contributed by atoms with Crippen LogP contribution >= 0.6 is 0 Å². The summed E-state index contributed by atoms with van der Waals surface area (Å²) in [6, 6.07) is 6.27. The number of carbonyl (C=O) groups is 1. The standard InChI is InChI=1S/C17H28N2O4S/c1-5-23-16-6-8-17(9-7-16)24(21,22)18-11-13-19(15(4)20)12-10-14(2)3/h6-9,14,18H,5,10-13H2,1-4H3. The first kappa shape index (κ1) is 20.4. The maximum absolute atomic E-state index is 12.3. The summed E-state index contributed by atoms with van der Waals surface area (Å²) >= 11 is 0. The molecule has 136 valence electrons. The van der Waals surface area contributed by atoms with Gasteiger partial charge in [0.25, 0.3) is 0 Å². The molecule has 0 aliphatic heterocycles. The van der Waals surface area contributed by atoms with Crippen molar-refractivity contribution >= 4 is 15.9 Å². The third kappa shape index (κ3) is 6.88. The molecule has 0 aliphatic carbocycles. The van der Waals surface area contributed by atoms with Gasteiger partial charge in [0.1, 0.15) is 5.75 Å². The molecule has 0 aromatic heterocycles. The molecule has 0 heterocycles. The zero-order valence-corrected chi connectivity index (χ0v) is 15.7. The average molecular weight is 356 g/mol. The number of rotatable bonds is 10. The van der Waals surface area contributed by atoms with E-state index in [2.05, 4.69) is 18.6 Å². The van der Waals surface area contributed by atoms with Gasteiger partial charge in [-0.1, -0.05) is 13.8 Å². The minimum atomic E-state index is -3.59. The third-order valence-corrected chi connectivity index (χ3v) is 5.02.